The van der Waals surface area contributed by atoms with Crippen molar-refractivity contribution in [2.75, 3.05) is 6.54 Å². The summed E-state index contributed by atoms with van der Waals surface area (Å²) in [6.45, 7) is 9.86. The minimum absolute atomic E-state index is 0.120. The van der Waals surface area contributed by atoms with Crippen molar-refractivity contribution in [3.05, 3.63) is 35.1 Å². The third kappa shape index (κ3) is 3.60. The molecule has 0 spiro atoms. The first-order valence-electron chi connectivity index (χ1n) is 8.00. The summed E-state index contributed by atoms with van der Waals surface area (Å²) in [6.07, 6.45) is 3.83. The number of hydrogen-bond donors (Lipinski definition) is 1. The van der Waals surface area contributed by atoms with E-state index in [-0.39, 0.29) is 5.82 Å². The second-order valence-corrected chi connectivity index (χ2v) is 6.71. The Kier molecular flexibility index (Phi) is 5.20. The van der Waals surface area contributed by atoms with Crippen LogP contribution >= 0.6 is 0 Å². The molecule has 112 valence electrons. The van der Waals surface area contributed by atoms with Crippen molar-refractivity contribution >= 4 is 0 Å². The molecule has 1 aliphatic carbocycles. The molecule has 0 radical (unpaired) electrons. The van der Waals surface area contributed by atoms with Crippen LogP contribution in [0.25, 0.3) is 0 Å². The van der Waals surface area contributed by atoms with E-state index in [0.29, 0.717) is 12.0 Å². The maximum atomic E-state index is 13.6. The molecule has 3 unspecified atom stereocenters. The summed E-state index contributed by atoms with van der Waals surface area (Å²) in [5, 5.41) is 3.61. The quantitative estimate of drug-likeness (QED) is 0.829. The predicted octanol–water partition coefficient (Wildman–Crippen LogP) is 4.86. The van der Waals surface area contributed by atoms with Gasteiger partial charge in [0.25, 0.3) is 0 Å². The molecule has 0 bridgehead atoms. The van der Waals surface area contributed by atoms with Crippen molar-refractivity contribution in [3.8, 4) is 0 Å². The van der Waals surface area contributed by atoms with Gasteiger partial charge >= 0.3 is 0 Å². The Hall–Kier alpha value is -0.890. The Morgan fingerprint density at radius 3 is 2.45 bits per heavy atom. The van der Waals surface area contributed by atoms with Crippen LogP contribution in [0.1, 0.15) is 57.2 Å². The highest BCUT2D eigenvalue weighted by molar-refractivity contribution is 5.30. The van der Waals surface area contributed by atoms with Crippen molar-refractivity contribution in [1.82, 2.24) is 5.32 Å². The molecule has 1 aromatic carbocycles. The van der Waals surface area contributed by atoms with Gasteiger partial charge in [0.05, 0.1) is 0 Å². The minimum Gasteiger partial charge on any atom is -0.310 e. The average molecular weight is 277 g/mol. The van der Waals surface area contributed by atoms with E-state index in [2.05, 4.69) is 33.0 Å². The third-order valence-corrected chi connectivity index (χ3v) is 4.69. The lowest BCUT2D eigenvalue weighted by molar-refractivity contribution is 0.177. The van der Waals surface area contributed by atoms with Crippen molar-refractivity contribution in [3.63, 3.8) is 0 Å². The van der Waals surface area contributed by atoms with Crippen molar-refractivity contribution in [2.24, 2.45) is 17.8 Å². The summed E-state index contributed by atoms with van der Waals surface area (Å²) in [7, 11) is 0. The van der Waals surface area contributed by atoms with E-state index in [1.54, 1.807) is 12.1 Å². The summed E-state index contributed by atoms with van der Waals surface area (Å²) in [5.74, 6) is 2.05. The first-order chi connectivity index (χ1) is 9.51. The Bertz CT molecular complexity index is 433. The molecule has 1 nitrogen and oxygen atoms in total. The fourth-order valence-electron chi connectivity index (χ4n) is 3.98. The second kappa shape index (κ2) is 6.71. The van der Waals surface area contributed by atoms with Crippen LogP contribution < -0.4 is 5.32 Å². The van der Waals surface area contributed by atoms with Crippen molar-refractivity contribution in [2.45, 2.75) is 53.0 Å². The van der Waals surface area contributed by atoms with Gasteiger partial charge < -0.3 is 5.32 Å². The van der Waals surface area contributed by atoms with Gasteiger partial charge in [0.2, 0.25) is 0 Å². The molecule has 1 aromatic rings. The number of nitrogens with one attached hydrogen (secondary N) is 1. The number of hydrogen-bond acceptors (Lipinski definition) is 1. The SMILES string of the molecule is CCNC(c1cc(F)ccc1C)C1CC(C)CC(C)C1. The predicted molar refractivity (Wildman–Crippen MR) is 83.2 cm³/mol. The second-order valence-electron chi connectivity index (χ2n) is 6.71. The van der Waals surface area contributed by atoms with Gasteiger partial charge in [-0.15, -0.1) is 0 Å². The van der Waals surface area contributed by atoms with Gasteiger partial charge in [0.15, 0.2) is 0 Å². The zero-order valence-electron chi connectivity index (χ0n) is 13.2. The van der Waals surface area contributed by atoms with Crippen molar-refractivity contribution in [1.29, 1.82) is 0 Å². The van der Waals surface area contributed by atoms with Crippen molar-refractivity contribution < 1.29 is 4.39 Å². The molecule has 1 N–H and O–H groups in total. The monoisotopic (exact) mass is 277 g/mol. The van der Waals surface area contributed by atoms with Gasteiger partial charge in [0, 0.05) is 6.04 Å². The molecule has 20 heavy (non-hydrogen) atoms. The summed E-state index contributed by atoms with van der Waals surface area (Å²) in [4.78, 5) is 0. The lowest BCUT2D eigenvalue weighted by Gasteiger charge is -2.37. The molecule has 0 saturated heterocycles. The smallest absolute Gasteiger partial charge is 0.123 e. The normalized spacial score (nSPS) is 28.4. The molecule has 0 heterocycles. The highest BCUT2D eigenvalue weighted by atomic mass is 19.1. The summed E-state index contributed by atoms with van der Waals surface area (Å²) >= 11 is 0. The van der Waals surface area contributed by atoms with Crippen LogP contribution in [0.5, 0.6) is 0 Å². The van der Waals surface area contributed by atoms with Gasteiger partial charge in [-0.05, 0) is 73.7 Å². The fraction of sp³-hybridized carbons (Fsp3) is 0.667. The van der Waals surface area contributed by atoms with Crippen LogP contribution in [0.4, 0.5) is 4.39 Å². The minimum atomic E-state index is -0.120. The molecule has 3 atom stereocenters. The number of rotatable bonds is 4. The van der Waals surface area contributed by atoms with E-state index in [1.807, 2.05) is 6.07 Å². The molecule has 1 fully saturated rings. The van der Waals surface area contributed by atoms with Crippen LogP contribution in [0.2, 0.25) is 0 Å². The Morgan fingerprint density at radius 1 is 1.20 bits per heavy atom. The molecule has 1 aliphatic rings. The van der Waals surface area contributed by atoms with Gasteiger partial charge in [-0.2, -0.15) is 0 Å². The van der Waals surface area contributed by atoms with Crippen LogP contribution in [-0.4, -0.2) is 6.54 Å². The summed E-state index contributed by atoms with van der Waals surface area (Å²) in [5.41, 5.74) is 2.35. The molecule has 2 rings (SSSR count). The van der Waals surface area contributed by atoms with Crippen LogP contribution in [0, 0.1) is 30.5 Å². The standard InChI is InChI=1S/C18H28FN/c1-5-20-18(15-9-12(2)8-13(3)10-15)17-11-16(19)7-6-14(17)4/h6-7,11-13,15,18,20H,5,8-10H2,1-4H3. The lowest BCUT2D eigenvalue weighted by Crippen LogP contribution is -2.33. The zero-order chi connectivity index (χ0) is 14.7. The van der Waals surface area contributed by atoms with Gasteiger partial charge in [0.1, 0.15) is 5.82 Å². The van der Waals surface area contributed by atoms with Gasteiger partial charge in [-0.25, -0.2) is 4.39 Å². The molecule has 0 aliphatic heterocycles. The first kappa shape index (κ1) is 15.5. The Labute approximate surface area is 123 Å². The third-order valence-electron chi connectivity index (χ3n) is 4.69. The van der Waals surface area contributed by atoms with Gasteiger partial charge in [-0.3, -0.25) is 0 Å². The van der Waals surface area contributed by atoms with E-state index in [0.717, 1.165) is 23.9 Å². The number of benzene rings is 1. The zero-order valence-corrected chi connectivity index (χ0v) is 13.2. The van der Waals surface area contributed by atoms with Crippen LogP contribution in [0.3, 0.4) is 0 Å². The lowest BCUT2D eigenvalue weighted by atomic mass is 9.72. The maximum absolute atomic E-state index is 13.6. The molecule has 0 amide bonds. The Balaban J connectivity index is 2.28. The van der Waals surface area contributed by atoms with E-state index in [9.17, 15) is 4.39 Å². The van der Waals surface area contributed by atoms with Gasteiger partial charge in [-0.1, -0.05) is 26.8 Å². The largest absolute Gasteiger partial charge is 0.310 e. The maximum Gasteiger partial charge on any atom is 0.123 e. The number of aryl methyl sites for hydroxylation is 1. The highest BCUT2D eigenvalue weighted by Crippen LogP contribution is 2.40. The fourth-order valence-corrected chi connectivity index (χ4v) is 3.98. The molecular formula is C18H28FN. The molecular weight excluding hydrogens is 249 g/mol. The average Bonchev–Trinajstić information content (AvgIpc) is 2.38. The van der Waals surface area contributed by atoms with E-state index >= 15 is 0 Å². The van der Waals surface area contributed by atoms with Crippen LogP contribution in [0.15, 0.2) is 18.2 Å². The van der Waals surface area contributed by atoms with E-state index < -0.39 is 0 Å². The number of halogens is 1. The Morgan fingerprint density at radius 2 is 1.85 bits per heavy atom. The van der Waals surface area contributed by atoms with E-state index in [1.165, 1.54) is 24.8 Å². The van der Waals surface area contributed by atoms with E-state index in [4.69, 9.17) is 0 Å². The molecule has 0 aromatic heterocycles. The molecule has 2 heteroatoms. The molecule has 1 saturated carbocycles. The topological polar surface area (TPSA) is 12.0 Å². The van der Waals surface area contributed by atoms with Crippen LogP contribution in [-0.2, 0) is 0 Å². The summed E-state index contributed by atoms with van der Waals surface area (Å²) in [6, 6.07) is 5.49. The first-order valence-corrected chi connectivity index (χ1v) is 8.00. The highest BCUT2D eigenvalue weighted by Gasteiger charge is 2.31. The summed E-state index contributed by atoms with van der Waals surface area (Å²) < 4.78 is 13.6.